The summed E-state index contributed by atoms with van der Waals surface area (Å²) in [5, 5.41) is 0. The van der Waals surface area contributed by atoms with Gasteiger partial charge in [-0.05, 0) is 43.5 Å². The highest BCUT2D eigenvalue weighted by molar-refractivity contribution is 6.24. The van der Waals surface area contributed by atoms with Crippen LogP contribution in [-0.4, -0.2) is 44.1 Å². The van der Waals surface area contributed by atoms with Crippen molar-refractivity contribution in [1.29, 1.82) is 0 Å². The first-order valence-corrected chi connectivity index (χ1v) is 10.9. The van der Waals surface area contributed by atoms with Crippen LogP contribution in [0, 0.1) is 23.2 Å². The number of ether oxygens (including phenoxy) is 3. The molecule has 1 fully saturated rings. The SMILES string of the molecule is C=CCC(CC#Cc1ccc(C2=C3COC[C@@H]3CC2=O)cc1)(C(=O)OCC)C(=O)OCC. The Balaban J connectivity index is 1.81. The van der Waals surface area contributed by atoms with Gasteiger partial charge in [0, 0.05) is 29.9 Å². The lowest BCUT2D eigenvalue weighted by Gasteiger charge is -2.26. The summed E-state index contributed by atoms with van der Waals surface area (Å²) in [6.07, 6.45) is 2.03. The van der Waals surface area contributed by atoms with E-state index in [4.69, 9.17) is 14.2 Å². The molecule has 0 spiro atoms. The molecule has 1 heterocycles. The molecule has 1 aromatic rings. The summed E-state index contributed by atoms with van der Waals surface area (Å²) in [5.74, 6) is 4.99. The molecule has 168 valence electrons. The highest BCUT2D eigenvalue weighted by atomic mass is 16.6. The van der Waals surface area contributed by atoms with E-state index in [9.17, 15) is 14.4 Å². The Kier molecular flexibility index (Phi) is 7.66. The Labute approximate surface area is 188 Å². The van der Waals surface area contributed by atoms with Gasteiger partial charge in [-0.15, -0.1) is 6.58 Å². The van der Waals surface area contributed by atoms with Crippen LogP contribution in [0.4, 0.5) is 0 Å². The van der Waals surface area contributed by atoms with Crippen molar-refractivity contribution in [3.63, 3.8) is 0 Å². The van der Waals surface area contributed by atoms with Gasteiger partial charge in [0.25, 0.3) is 0 Å². The lowest BCUT2D eigenvalue weighted by atomic mass is 9.81. The van der Waals surface area contributed by atoms with Gasteiger partial charge in [0.05, 0.1) is 26.4 Å². The highest BCUT2D eigenvalue weighted by Gasteiger charge is 2.47. The van der Waals surface area contributed by atoms with E-state index in [1.165, 1.54) is 6.08 Å². The molecule has 1 aromatic carbocycles. The van der Waals surface area contributed by atoms with Gasteiger partial charge in [-0.1, -0.05) is 30.0 Å². The van der Waals surface area contributed by atoms with Crippen molar-refractivity contribution in [2.75, 3.05) is 26.4 Å². The lowest BCUT2D eigenvalue weighted by molar-refractivity contribution is -0.171. The first-order valence-electron chi connectivity index (χ1n) is 10.9. The van der Waals surface area contributed by atoms with Crippen LogP contribution in [0.1, 0.15) is 44.2 Å². The van der Waals surface area contributed by atoms with Gasteiger partial charge in [-0.3, -0.25) is 14.4 Å². The molecule has 0 aromatic heterocycles. The van der Waals surface area contributed by atoms with Gasteiger partial charge in [-0.25, -0.2) is 0 Å². The molecule has 2 aliphatic rings. The Morgan fingerprint density at radius 1 is 1.19 bits per heavy atom. The number of rotatable bonds is 8. The quantitative estimate of drug-likeness (QED) is 0.269. The number of carbonyl (C=O) groups excluding carboxylic acids is 3. The Hall–Kier alpha value is -3.17. The zero-order valence-electron chi connectivity index (χ0n) is 18.6. The largest absolute Gasteiger partial charge is 0.465 e. The number of esters is 2. The molecular weight excluding hydrogens is 408 g/mol. The minimum Gasteiger partial charge on any atom is -0.465 e. The molecule has 1 aliphatic heterocycles. The average Bonchev–Trinajstić information content (AvgIpc) is 3.34. The number of carbonyl (C=O) groups is 3. The van der Waals surface area contributed by atoms with Crippen LogP contribution in [0.3, 0.4) is 0 Å². The first-order chi connectivity index (χ1) is 15.5. The van der Waals surface area contributed by atoms with Crippen LogP contribution in [0.25, 0.3) is 5.57 Å². The Bertz CT molecular complexity index is 971. The van der Waals surface area contributed by atoms with E-state index < -0.39 is 17.4 Å². The second kappa shape index (κ2) is 10.4. The normalized spacial score (nSPS) is 17.4. The fourth-order valence-electron chi connectivity index (χ4n) is 4.11. The van der Waals surface area contributed by atoms with Gasteiger partial charge >= 0.3 is 11.9 Å². The molecule has 0 saturated carbocycles. The summed E-state index contributed by atoms with van der Waals surface area (Å²) in [6, 6.07) is 7.41. The molecule has 32 heavy (non-hydrogen) atoms. The summed E-state index contributed by atoms with van der Waals surface area (Å²) < 4.78 is 15.8. The van der Waals surface area contributed by atoms with Crippen LogP contribution in [0.5, 0.6) is 0 Å². The molecule has 0 radical (unpaired) electrons. The van der Waals surface area contributed by atoms with Crippen LogP contribution < -0.4 is 0 Å². The number of hydrogen-bond acceptors (Lipinski definition) is 6. The fourth-order valence-corrected chi connectivity index (χ4v) is 4.11. The first kappa shape index (κ1) is 23.5. The van der Waals surface area contributed by atoms with Gasteiger partial charge in [0.15, 0.2) is 11.2 Å². The zero-order chi connectivity index (χ0) is 23.1. The Morgan fingerprint density at radius 3 is 2.44 bits per heavy atom. The van der Waals surface area contributed by atoms with E-state index in [0.29, 0.717) is 25.2 Å². The molecular formula is C26H28O6. The number of ketones is 1. The van der Waals surface area contributed by atoms with Gasteiger partial charge in [0.2, 0.25) is 0 Å². The third-order valence-corrected chi connectivity index (χ3v) is 5.72. The summed E-state index contributed by atoms with van der Waals surface area (Å²) in [6.45, 7) is 8.45. The number of allylic oxidation sites excluding steroid dienone is 2. The van der Waals surface area contributed by atoms with Crippen molar-refractivity contribution in [3.8, 4) is 11.8 Å². The third-order valence-electron chi connectivity index (χ3n) is 5.72. The number of benzene rings is 1. The van der Waals surface area contributed by atoms with Crippen LogP contribution in [-0.2, 0) is 28.6 Å². The third kappa shape index (κ3) is 4.68. The molecule has 0 bridgehead atoms. The zero-order valence-corrected chi connectivity index (χ0v) is 18.6. The predicted octanol–water partition coefficient (Wildman–Crippen LogP) is 3.49. The maximum absolute atomic E-state index is 12.6. The molecule has 1 atom stereocenters. The van der Waals surface area contributed by atoms with Crippen LogP contribution >= 0.6 is 0 Å². The van der Waals surface area contributed by atoms with E-state index >= 15 is 0 Å². The molecule has 6 nitrogen and oxygen atoms in total. The lowest BCUT2D eigenvalue weighted by Crippen LogP contribution is -2.41. The highest BCUT2D eigenvalue weighted by Crippen LogP contribution is 2.39. The van der Waals surface area contributed by atoms with Crippen LogP contribution in [0.15, 0.2) is 42.5 Å². The minimum atomic E-state index is -1.54. The van der Waals surface area contributed by atoms with E-state index in [1.807, 2.05) is 24.3 Å². The monoisotopic (exact) mass is 436 g/mol. The van der Waals surface area contributed by atoms with Gasteiger partial charge in [-0.2, -0.15) is 0 Å². The average molecular weight is 437 g/mol. The second-order valence-corrected chi connectivity index (χ2v) is 7.81. The number of Topliss-reactive ketones (excluding diaryl/α,β-unsaturated/α-hetero) is 1. The number of fused-ring (bicyclic) bond motifs is 1. The van der Waals surface area contributed by atoms with Gasteiger partial charge in [0.1, 0.15) is 0 Å². The summed E-state index contributed by atoms with van der Waals surface area (Å²) in [5.41, 5.74) is 1.89. The molecule has 0 N–H and O–H groups in total. The summed E-state index contributed by atoms with van der Waals surface area (Å²) in [7, 11) is 0. The van der Waals surface area contributed by atoms with Crippen molar-refractivity contribution < 1.29 is 28.6 Å². The predicted molar refractivity (Wildman–Crippen MR) is 119 cm³/mol. The summed E-state index contributed by atoms with van der Waals surface area (Å²) >= 11 is 0. The Morgan fingerprint density at radius 2 is 1.84 bits per heavy atom. The minimum absolute atomic E-state index is 0.0504. The smallest absolute Gasteiger partial charge is 0.324 e. The summed E-state index contributed by atoms with van der Waals surface area (Å²) in [4.78, 5) is 37.7. The topological polar surface area (TPSA) is 78.9 Å². The van der Waals surface area contributed by atoms with Crippen molar-refractivity contribution in [2.45, 2.75) is 33.1 Å². The second-order valence-electron chi connectivity index (χ2n) is 7.81. The van der Waals surface area contributed by atoms with Crippen LogP contribution in [0.2, 0.25) is 0 Å². The maximum atomic E-state index is 12.6. The standard InChI is InChI=1S/C26H28O6/c1-4-13-26(24(28)31-5-2,25(29)32-6-3)14-7-8-18-9-11-19(12-10-18)23-21-17-30-16-20(21)15-22(23)27/h4,9-12,20H,1,5-6,13-17H2,2-3H3/t20-/m0/s1. The van der Waals surface area contributed by atoms with Crippen molar-refractivity contribution in [2.24, 2.45) is 11.3 Å². The van der Waals surface area contributed by atoms with E-state index in [-0.39, 0.29) is 37.8 Å². The van der Waals surface area contributed by atoms with Gasteiger partial charge < -0.3 is 14.2 Å². The molecule has 1 aliphatic carbocycles. The molecule has 1 saturated heterocycles. The number of hydrogen-bond donors (Lipinski definition) is 0. The van der Waals surface area contributed by atoms with Crippen molar-refractivity contribution in [1.82, 2.24) is 0 Å². The molecule has 0 unspecified atom stereocenters. The van der Waals surface area contributed by atoms with Crippen molar-refractivity contribution >= 4 is 23.3 Å². The molecule has 0 amide bonds. The molecule has 3 rings (SSSR count). The van der Waals surface area contributed by atoms with E-state index in [1.54, 1.807) is 13.8 Å². The van der Waals surface area contributed by atoms with E-state index in [2.05, 4.69) is 18.4 Å². The molecule has 6 heteroatoms. The fraction of sp³-hybridized carbons (Fsp3) is 0.423. The van der Waals surface area contributed by atoms with Crippen molar-refractivity contribution in [3.05, 3.63) is 53.6 Å². The maximum Gasteiger partial charge on any atom is 0.324 e. The van der Waals surface area contributed by atoms with E-state index in [0.717, 1.165) is 16.7 Å².